The molecule has 1 aliphatic rings. The summed E-state index contributed by atoms with van der Waals surface area (Å²) >= 11 is 1.75. The molecular weight excluding hydrogens is 194 g/mol. The maximum absolute atomic E-state index is 11.4. The van der Waals surface area contributed by atoms with Crippen LogP contribution in [0.4, 0.5) is 0 Å². The van der Waals surface area contributed by atoms with Crippen LogP contribution in [0.25, 0.3) is 0 Å². The maximum Gasteiger partial charge on any atom is 0.223 e. The predicted molar refractivity (Wildman–Crippen MR) is 58.3 cm³/mol. The van der Waals surface area contributed by atoms with Gasteiger partial charge in [-0.3, -0.25) is 4.79 Å². The van der Waals surface area contributed by atoms with E-state index in [1.54, 1.807) is 11.3 Å². The van der Waals surface area contributed by atoms with E-state index in [0.29, 0.717) is 11.8 Å². The van der Waals surface area contributed by atoms with Crippen molar-refractivity contribution in [1.82, 2.24) is 5.32 Å². The number of rotatable bonds is 4. The first-order valence-corrected chi connectivity index (χ1v) is 5.95. The molecule has 0 bridgehead atoms. The van der Waals surface area contributed by atoms with Gasteiger partial charge in [0, 0.05) is 17.3 Å². The highest BCUT2D eigenvalue weighted by molar-refractivity contribution is 7.09. The summed E-state index contributed by atoms with van der Waals surface area (Å²) in [5, 5.41) is 5.05. The van der Waals surface area contributed by atoms with Gasteiger partial charge in [0.2, 0.25) is 5.91 Å². The van der Waals surface area contributed by atoms with Crippen molar-refractivity contribution in [3.05, 3.63) is 22.4 Å². The minimum Gasteiger partial charge on any atom is -0.355 e. The molecule has 2 unspecified atom stereocenters. The zero-order valence-electron chi connectivity index (χ0n) is 8.32. The molecule has 0 aliphatic heterocycles. The first kappa shape index (κ1) is 9.71. The van der Waals surface area contributed by atoms with Crippen molar-refractivity contribution in [3.8, 4) is 0 Å². The van der Waals surface area contributed by atoms with Crippen molar-refractivity contribution in [2.75, 3.05) is 6.54 Å². The molecule has 1 aliphatic carbocycles. The third kappa shape index (κ3) is 2.35. The second-order valence-corrected chi connectivity index (χ2v) is 4.97. The molecule has 2 nitrogen and oxygen atoms in total. The van der Waals surface area contributed by atoms with E-state index in [1.807, 2.05) is 6.07 Å². The molecular formula is C11H15NOS. The molecule has 1 aromatic rings. The summed E-state index contributed by atoms with van der Waals surface area (Å²) in [4.78, 5) is 12.8. The van der Waals surface area contributed by atoms with Crippen LogP contribution < -0.4 is 5.32 Å². The van der Waals surface area contributed by atoms with Crippen LogP contribution in [0.5, 0.6) is 0 Å². The minimum absolute atomic E-state index is 0.244. The Hall–Kier alpha value is -0.830. The van der Waals surface area contributed by atoms with Gasteiger partial charge in [0.15, 0.2) is 0 Å². The average molecular weight is 209 g/mol. The summed E-state index contributed by atoms with van der Waals surface area (Å²) in [5.74, 6) is 1.16. The molecule has 0 spiro atoms. The lowest BCUT2D eigenvalue weighted by atomic mass is 10.3. The number of hydrogen-bond donors (Lipinski definition) is 1. The van der Waals surface area contributed by atoms with Gasteiger partial charge in [-0.2, -0.15) is 0 Å². The summed E-state index contributed by atoms with van der Waals surface area (Å²) < 4.78 is 0. The van der Waals surface area contributed by atoms with Crippen molar-refractivity contribution in [1.29, 1.82) is 0 Å². The lowest BCUT2D eigenvalue weighted by Crippen LogP contribution is -2.27. The quantitative estimate of drug-likeness (QED) is 0.808. The van der Waals surface area contributed by atoms with Crippen molar-refractivity contribution in [2.45, 2.75) is 19.8 Å². The van der Waals surface area contributed by atoms with Crippen LogP contribution in [-0.4, -0.2) is 12.5 Å². The Morgan fingerprint density at radius 2 is 2.50 bits per heavy atom. The van der Waals surface area contributed by atoms with E-state index in [-0.39, 0.29) is 5.91 Å². The Labute approximate surface area is 88.3 Å². The van der Waals surface area contributed by atoms with Crippen molar-refractivity contribution >= 4 is 17.2 Å². The smallest absolute Gasteiger partial charge is 0.223 e. The van der Waals surface area contributed by atoms with E-state index in [0.717, 1.165) is 19.4 Å². The third-order valence-electron chi connectivity index (χ3n) is 2.70. The highest BCUT2D eigenvalue weighted by Crippen LogP contribution is 2.37. The summed E-state index contributed by atoms with van der Waals surface area (Å²) in [6, 6.07) is 4.15. The topological polar surface area (TPSA) is 29.1 Å². The second-order valence-electron chi connectivity index (χ2n) is 3.94. The van der Waals surface area contributed by atoms with Gasteiger partial charge in [0.05, 0.1) is 0 Å². The molecule has 76 valence electrons. The molecule has 1 fully saturated rings. The van der Waals surface area contributed by atoms with E-state index in [1.165, 1.54) is 4.88 Å². The van der Waals surface area contributed by atoms with Crippen molar-refractivity contribution < 1.29 is 4.79 Å². The van der Waals surface area contributed by atoms with Gasteiger partial charge < -0.3 is 5.32 Å². The van der Waals surface area contributed by atoms with Gasteiger partial charge in [-0.25, -0.2) is 0 Å². The summed E-state index contributed by atoms with van der Waals surface area (Å²) in [5.41, 5.74) is 0. The minimum atomic E-state index is 0.244. The van der Waals surface area contributed by atoms with E-state index in [4.69, 9.17) is 0 Å². The SMILES string of the molecule is CC1CC1C(=O)NCCc1cccs1. The van der Waals surface area contributed by atoms with E-state index < -0.39 is 0 Å². The van der Waals surface area contributed by atoms with Gasteiger partial charge in [-0.05, 0) is 30.2 Å². The fraction of sp³-hybridized carbons (Fsp3) is 0.545. The average Bonchev–Trinajstić information content (AvgIpc) is 2.68. The lowest BCUT2D eigenvalue weighted by Gasteiger charge is -2.02. The monoisotopic (exact) mass is 209 g/mol. The standard InChI is InChI=1S/C11H15NOS/c1-8-7-10(8)11(13)12-5-4-9-3-2-6-14-9/h2-3,6,8,10H,4-5,7H2,1H3,(H,12,13). The van der Waals surface area contributed by atoms with Crippen LogP contribution in [-0.2, 0) is 11.2 Å². The number of carbonyl (C=O) groups is 1. The largest absolute Gasteiger partial charge is 0.355 e. The van der Waals surface area contributed by atoms with Crippen LogP contribution in [0.2, 0.25) is 0 Å². The van der Waals surface area contributed by atoms with Crippen LogP contribution in [0.15, 0.2) is 17.5 Å². The molecule has 2 rings (SSSR count). The first-order valence-electron chi connectivity index (χ1n) is 5.07. The van der Waals surface area contributed by atoms with Crippen LogP contribution >= 0.6 is 11.3 Å². The molecule has 1 saturated carbocycles. The van der Waals surface area contributed by atoms with Gasteiger partial charge in [-0.1, -0.05) is 13.0 Å². The predicted octanol–water partition coefficient (Wildman–Crippen LogP) is 2.06. The van der Waals surface area contributed by atoms with Crippen molar-refractivity contribution in [3.63, 3.8) is 0 Å². The molecule has 0 aromatic carbocycles. The summed E-state index contributed by atoms with van der Waals surface area (Å²) in [6.45, 7) is 2.91. The molecule has 1 heterocycles. The molecule has 0 saturated heterocycles. The first-order chi connectivity index (χ1) is 6.77. The number of thiophene rings is 1. The van der Waals surface area contributed by atoms with Gasteiger partial charge in [-0.15, -0.1) is 11.3 Å². The van der Waals surface area contributed by atoms with Gasteiger partial charge in [0.25, 0.3) is 0 Å². The van der Waals surface area contributed by atoms with E-state index in [9.17, 15) is 4.79 Å². The highest BCUT2D eigenvalue weighted by atomic mass is 32.1. The zero-order chi connectivity index (χ0) is 9.97. The van der Waals surface area contributed by atoms with Gasteiger partial charge in [0.1, 0.15) is 0 Å². The molecule has 3 heteroatoms. The number of nitrogens with one attached hydrogen (secondary N) is 1. The molecule has 1 N–H and O–H groups in total. The van der Waals surface area contributed by atoms with Crippen LogP contribution in [0.1, 0.15) is 18.2 Å². The Morgan fingerprint density at radius 3 is 3.07 bits per heavy atom. The Kier molecular flexibility index (Phi) is 2.87. The fourth-order valence-electron chi connectivity index (χ4n) is 1.58. The molecule has 1 aromatic heterocycles. The highest BCUT2D eigenvalue weighted by Gasteiger charge is 2.38. The van der Waals surface area contributed by atoms with E-state index in [2.05, 4.69) is 23.7 Å². The number of carbonyl (C=O) groups excluding carboxylic acids is 1. The van der Waals surface area contributed by atoms with Crippen molar-refractivity contribution in [2.24, 2.45) is 11.8 Å². The molecule has 2 atom stereocenters. The normalized spacial score (nSPS) is 24.6. The summed E-state index contributed by atoms with van der Waals surface area (Å²) in [6.07, 6.45) is 2.04. The van der Waals surface area contributed by atoms with Gasteiger partial charge >= 0.3 is 0 Å². The molecule has 0 radical (unpaired) electrons. The number of amides is 1. The number of hydrogen-bond acceptors (Lipinski definition) is 2. The summed E-state index contributed by atoms with van der Waals surface area (Å²) in [7, 11) is 0. The Bertz CT molecular complexity index is 307. The maximum atomic E-state index is 11.4. The second kappa shape index (κ2) is 4.13. The lowest BCUT2D eigenvalue weighted by molar-refractivity contribution is -0.122. The Balaban J connectivity index is 1.66. The van der Waals surface area contributed by atoms with Crippen LogP contribution in [0, 0.1) is 11.8 Å². The molecule has 1 amide bonds. The third-order valence-corrected chi connectivity index (χ3v) is 3.63. The van der Waals surface area contributed by atoms with E-state index >= 15 is 0 Å². The molecule has 14 heavy (non-hydrogen) atoms. The fourth-order valence-corrected chi connectivity index (χ4v) is 2.29. The Morgan fingerprint density at radius 1 is 1.71 bits per heavy atom. The zero-order valence-corrected chi connectivity index (χ0v) is 9.14. The van der Waals surface area contributed by atoms with Crippen LogP contribution in [0.3, 0.4) is 0 Å².